The molecule has 0 spiro atoms. The number of fused-ring (bicyclic) bond motifs is 3. The van der Waals surface area contributed by atoms with Gasteiger partial charge in [0, 0.05) is 18.2 Å². The van der Waals surface area contributed by atoms with Crippen molar-refractivity contribution in [2.75, 3.05) is 39.5 Å². The summed E-state index contributed by atoms with van der Waals surface area (Å²) in [4.78, 5) is 15.3. The Morgan fingerprint density at radius 2 is 1.62 bits per heavy atom. The predicted octanol–water partition coefficient (Wildman–Crippen LogP) is 2.71. The quantitative estimate of drug-likeness (QED) is 0.770. The van der Waals surface area contributed by atoms with Gasteiger partial charge in [-0.05, 0) is 64.8 Å². The molecule has 1 aromatic carbocycles. The van der Waals surface area contributed by atoms with Crippen molar-refractivity contribution >= 4 is 5.91 Å². The molecule has 0 saturated carbocycles. The maximum atomic E-state index is 12.9. The number of hydrogen-bond donors (Lipinski definition) is 1. The highest BCUT2D eigenvalue weighted by molar-refractivity contribution is 5.95. The Bertz CT molecular complexity index is 599. The number of carbonyl (C=O) groups excluding carboxylic acids is 1. The largest absolute Gasteiger partial charge is 0.490 e. The molecule has 1 N–H and O–H groups in total. The Hall–Kier alpha value is -1.95. The molecule has 0 aromatic heterocycles. The number of amides is 1. The minimum atomic E-state index is -0.0753. The Balaban J connectivity index is 1.82. The number of hydrogen-bond acceptors (Lipinski definition) is 5. The van der Waals surface area contributed by atoms with Gasteiger partial charge in [-0.2, -0.15) is 0 Å². The van der Waals surface area contributed by atoms with Crippen LogP contribution in [0.3, 0.4) is 0 Å². The molecule has 144 valence electrons. The van der Waals surface area contributed by atoms with E-state index >= 15 is 0 Å². The Labute approximate surface area is 155 Å². The molecule has 6 nitrogen and oxygen atoms in total. The second-order valence-corrected chi connectivity index (χ2v) is 6.82. The summed E-state index contributed by atoms with van der Waals surface area (Å²) in [5, 5.41) is 3.22. The van der Waals surface area contributed by atoms with Crippen LogP contribution < -0.4 is 19.5 Å². The van der Waals surface area contributed by atoms with Crippen LogP contribution in [0, 0.1) is 5.92 Å². The molecule has 1 atom stereocenters. The maximum absolute atomic E-state index is 12.9. The first-order valence-electron chi connectivity index (χ1n) is 9.75. The summed E-state index contributed by atoms with van der Waals surface area (Å²) in [7, 11) is 0. The Morgan fingerprint density at radius 1 is 1.04 bits per heavy atom. The summed E-state index contributed by atoms with van der Waals surface area (Å²) >= 11 is 0. The first-order valence-corrected chi connectivity index (χ1v) is 9.75. The van der Waals surface area contributed by atoms with E-state index < -0.39 is 0 Å². The van der Waals surface area contributed by atoms with E-state index in [2.05, 4.69) is 10.2 Å². The van der Waals surface area contributed by atoms with E-state index in [0.29, 0.717) is 48.6 Å². The number of nitrogens with zero attached hydrogens (tertiary/aromatic N) is 1. The summed E-state index contributed by atoms with van der Waals surface area (Å²) in [5.74, 6) is 2.19. The van der Waals surface area contributed by atoms with Gasteiger partial charge >= 0.3 is 0 Å². The lowest BCUT2D eigenvalue weighted by Gasteiger charge is -2.44. The molecule has 26 heavy (non-hydrogen) atoms. The monoisotopic (exact) mass is 362 g/mol. The highest BCUT2D eigenvalue weighted by Crippen LogP contribution is 2.39. The van der Waals surface area contributed by atoms with Crippen LogP contribution in [-0.2, 0) is 0 Å². The lowest BCUT2D eigenvalue weighted by Crippen LogP contribution is -2.57. The molecule has 0 radical (unpaired) electrons. The fourth-order valence-electron chi connectivity index (χ4n) is 3.90. The van der Waals surface area contributed by atoms with Gasteiger partial charge in [-0.3, -0.25) is 4.79 Å². The van der Waals surface area contributed by atoms with Crippen LogP contribution in [0.2, 0.25) is 0 Å². The highest BCUT2D eigenvalue weighted by atomic mass is 16.5. The van der Waals surface area contributed by atoms with E-state index in [1.165, 1.54) is 12.8 Å². The summed E-state index contributed by atoms with van der Waals surface area (Å²) in [6, 6.07) is 3.74. The number of rotatable bonds is 8. The zero-order valence-corrected chi connectivity index (χ0v) is 16.0. The summed E-state index contributed by atoms with van der Waals surface area (Å²) < 4.78 is 17.1. The average Bonchev–Trinajstić information content (AvgIpc) is 2.65. The molecule has 1 unspecified atom stereocenters. The van der Waals surface area contributed by atoms with E-state index in [9.17, 15) is 4.79 Å². The minimum Gasteiger partial charge on any atom is -0.490 e. The van der Waals surface area contributed by atoms with Crippen LogP contribution in [0.1, 0.15) is 44.0 Å². The van der Waals surface area contributed by atoms with Gasteiger partial charge in [-0.1, -0.05) is 0 Å². The van der Waals surface area contributed by atoms with Crippen LogP contribution in [-0.4, -0.2) is 56.3 Å². The second-order valence-electron chi connectivity index (χ2n) is 6.82. The first-order chi connectivity index (χ1) is 12.7. The summed E-state index contributed by atoms with van der Waals surface area (Å²) in [6.07, 6.45) is 2.34. The molecular formula is C20H30N2O4. The zero-order valence-electron chi connectivity index (χ0n) is 16.0. The van der Waals surface area contributed by atoms with Crippen LogP contribution in [0.25, 0.3) is 0 Å². The molecule has 1 aromatic rings. The van der Waals surface area contributed by atoms with E-state index in [0.717, 1.165) is 19.6 Å². The number of nitrogens with one attached hydrogen (secondary N) is 1. The molecule has 3 aliphatic heterocycles. The fraction of sp³-hybridized carbons (Fsp3) is 0.650. The maximum Gasteiger partial charge on any atom is 0.251 e. The SMILES string of the molecule is CCOc1cc(C(=O)NC2CN3CCC2CC3)cc(OCC)c1OCC. The lowest BCUT2D eigenvalue weighted by molar-refractivity contribution is 0.0620. The Kier molecular flexibility index (Phi) is 6.25. The number of piperidine rings is 3. The normalized spacial score (nSPS) is 24.2. The summed E-state index contributed by atoms with van der Waals surface area (Å²) in [5.41, 5.74) is 0.553. The van der Waals surface area contributed by atoms with Crippen LogP contribution in [0.15, 0.2) is 12.1 Å². The second kappa shape index (κ2) is 8.62. The van der Waals surface area contributed by atoms with Gasteiger partial charge in [-0.25, -0.2) is 0 Å². The van der Waals surface area contributed by atoms with E-state index in [-0.39, 0.29) is 11.9 Å². The van der Waals surface area contributed by atoms with Gasteiger partial charge in [0.25, 0.3) is 5.91 Å². The van der Waals surface area contributed by atoms with Crippen molar-refractivity contribution in [1.29, 1.82) is 0 Å². The molecular weight excluding hydrogens is 332 g/mol. The summed E-state index contributed by atoms with van der Waals surface area (Å²) in [6.45, 7) is 10.5. The molecule has 6 heteroatoms. The van der Waals surface area contributed by atoms with Gasteiger partial charge in [-0.15, -0.1) is 0 Å². The van der Waals surface area contributed by atoms with Gasteiger partial charge in [0.2, 0.25) is 5.75 Å². The Morgan fingerprint density at radius 3 is 2.08 bits per heavy atom. The standard InChI is InChI=1S/C20H30N2O4/c1-4-24-17-11-15(12-18(25-5-2)19(17)26-6-3)20(23)21-16-13-22-9-7-14(16)8-10-22/h11-12,14,16H,4-10,13H2,1-3H3,(H,21,23). The third kappa shape index (κ3) is 4.06. The van der Waals surface area contributed by atoms with Crippen molar-refractivity contribution in [3.63, 3.8) is 0 Å². The van der Waals surface area contributed by atoms with Gasteiger partial charge in [0.15, 0.2) is 11.5 Å². The molecule has 0 aliphatic carbocycles. The molecule has 3 heterocycles. The molecule has 3 fully saturated rings. The van der Waals surface area contributed by atoms with E-state index in [4.69, 9.17) is 14.2 Å². The van der Waals surface area contributed by atoms with Crippen molar-refractivity contribution in [3.05, 3.63) is 17.7 Å². The fourth-order valence-corrected chi connectivity index (χ4v) is 3.90. The smallest absolute Gasteiger partial charge is 0.251 e. The average molecular weight is 362 g/mol. The van der Waals surface area contributed by atoms with Crippen molar-refractivity contribution in [2.45, 2.75) is 39.7 Å². The van der Waals surface area contributed by atoms with Crippen molar-refractivity contribution in [2.24, 2.45) is 5.92 Å². The van der Waals surface area contributed by atoms with Gasteiger partial charge < -0.3 is 24.4 Å². The van der Waals surface area contributed by atoms with Crippen LogP contribution >= 0.6 is 0 Å². The molecule has 3 saturated heterocycles. The zero-order chi connectivity index (χ0) is 18.5. The van der Waals surface area contributed by atoms with Crippen molar-refractivity contribution in [1.82, 2.24) is 10.2 Å². The number of benzene rings is 1. The minimum absolute atomic E-state index is 0.0753. The van der Waals surface area contributed by atoms with E-state index in [1.54, 1.807) is 12.1 Å². The van der Waals surface area contributed by atoms with Gasteiger partial charge in [0.05, 0.1) is 19.8 Å². The van der Waals surface area contributed by atoms with Crippen LogP contribution in [0.4, 0.5) is 0 Å². The lowest BCUT2D eigenvalue weighted by atomic mass is 9.84. The molecule has 1 amide bonds. The third-order valence-corrected chi connectivity index (χ3v) is 5.14. The molecule has 3 aliphatic rings. The molecule has 2 bridgehead atoms. The van der Waals surface area contributed by atoms with E-state index in [1.807, 2.05) is 20.8 Å². The predicted molar refractivity (Wildman–Crippen MR) is 100 cm³/mol. The number of carbonyl (C=O) groups is 1. The van der Waals surface area contributed by atoms with Crippen molar-refractivity contribution < 1.29 is 19.0 Å². The molecule has 4 rings (SSSR count). The third-order valence-electron chi connectivity index (χ3n) is 5.14. The highest BCUT2D eigenvalue weighted by Gasteiger charge is 2.35. The van der Waals surface area contributed by atoms with Gasteiger partial charge in [0.1, 0.15) is 0 Å². The van der Waals surface area contributed by atoms with Crippen molar-refractivity contribution in [3.8, 4) is 17.2 Å². The van der Waals surface area contributed by atoms with Crippen LogP contribution in [0.5, 0.6) is 17.2 Å². The number of ether oxygens (including phenoxy) is 3. The topological polar surface area (TPSA) is 60.0 Å². The first kappa shape index (κ1) is 18.8.